The van der Waals surface area contributed by atoms with Crippen LogP contribution in [0.5, 0.6) is 0 Å². The molecule has 1 N–H and O–H groups in total. The number of carbonyl (C=O) groups is 1. The van der Waals surface area contributed by atoms with E-state index in [-0.39, 0.29) is 18.4 Å². The first-order chi connectivity index (χ1) is 10.6. The van der Waals surface area contributed by atoms with E-state index in [1.54, 1.807) is 13.2 Å². The van der Waals surface area contributed by atoms with Crippen LogP contribution < -0.4 is 5.32 Å². The summed E-state index contributed by atoms with van der Waals surface area (Å²) in [6.45, 7) is 2.35. The Balaban J connectivity index is 1.90. The Labute approximate surface area is 133 Å². The monoisotopic (exact) mass is 323 g/mol. The Hall–Kier alpha value is -1.92. The Morgan fingerprint density at radius 3 is 2.95 bits per heavy atom. The maximum atomic E-state index is 11.8. The second kappa shape index (κ2) is 7.91. The van der Waals surface area contributed by atoms with Gasteiger partial charge in [-0.1, -0.05) is 28.9 Å². The number of amides is 1. The third-order valence-electron chi connectivity index (χ3n) is 2.97. The number of aromatic nitrogens is 2. The highest BCUT2D eigenvalue weighted by molar-refractivity contribution is 6.33. The normalized spacial score (nSPS) is 12.1. The van der Waals surface area contributed by atoms with Crippen molar-refractivity contribution in [2.75, 3.05) is 13.7 Å². The van der Waals surface area contributed by atoms with Gasteiger partial charge in [-0.05, 0) is 19.1 Å². The third kappa shape index (κ3) is 4.54. The highest BCUT2D eigenvalue weighted by Gasteiger charge is 2.13. The molecular formula is C15H18ClN3O3. The fraction of sp³-hybridized carbons (Fsp3) is 0.400. The van der Waals surface area contributed by atoms with Gasteiger partial charge in [0.2, 0.25) is 17.6 Å². The van der Waals surface area contributed by atoms with Crippen LogP contribution in [0, 0.1) is 0 Å². The van der Waals surface area contributed by atoms with Gasteiger partial charge in [0.1, 0.15) is 0 Å². The quantitative estimate of drug-likeness (QED) is 0.847. The Morgan fingerprint density at radius 2 is 2.23 bits per heavy atom. The van der Waals surface area contributed by atoms with Crippen LogP contribution in [0.4, 0.5) is 0 Å². The van der Waals surface area contributed by atoms with Crippen LogP contribution in [0.2, 0.25) is 5.02 Å². The van der Waals surface area contributed by atoms with Crippen LogP contribution >= 0.6 is 11.6 Å². The van der Waals surface area contributed by atoms with Crippen molar-refractivity contribution in [3.05, 3.63) is 35.2 Å². The molecule has 0 spiro atoms. The van der Waals surface area contributed by atoms with Crippen LogP contribution in [0.1, 0.15) is 19.2 Å². The number of halogens is 1. The van der Waals surface area contributed by atoms with E-state index in [1.165, 1.54) is 0 Å². The average Bonchev–Trinajstić information content (AvgIpc) is 2.94. The van der Waals surface area contributed by atoms with E-state index in [0.717, 1.165) is 0 Å². The molecule has 0 saturated carbocycles. The fourth-order valence-electron chi connectivity index (χ4n) is 1.97. The lowest BCUT2D eigenvalue weighted by Gasteiger charge is -2.11. The molecule has 0 aliphatic carbocycles. The van der Waals surface area contributed by atoms with Crippen molar-refractivity contribution in [1.29, 1.82) is 0 Å². The van der Waals surface area contributed by atoms with E-state index in [4.69, 9.17) is 20.9 Å². The molecule has 1 aromatic carbocycles. The van der Waals surface area contributed by atoms with Crippen molar-refractivity contribution >= 4 is 17.5 Å². The second-order valence-corrected chi connectivity index (χ2v) is 5.32. The van der Waals surface area contributed by atoms with Gasteiger partial charge in [-0.3, -0.25) is 4.79 Å². The lowest BCUT2D eigenvalue weighted by atomic mass is 10.2. The number of carbonyl (C=O) groups excluding carboxylic acids is 1. The number of benzene rings is 1. The zero-order valence-corrected chi connectivity index (χ0v) is 13.3. The summed E-state index contributed by atoms with van der Waals surface area (Å²) in [5.41, 5.74) is 0.706. The average molecular weight is 324 g/mol. The molecule has 2 aromatic rings. The molecular weight excluding hydrogens is 306 g/mol. The second-order valence-electron chi connectivity index (χ2n) is 4.92. The Bertz CT molecular complexity index is 630. The summed E-state index contributed by atoms with van der Waals surface area (Å²) in [5.74, 6) is 0.750. The molecule has 1 atom stereocenters. The number of hydrogen-bond acceptors (Lipinski definition) is 5. The van der Waals surface area contributed by atoms with Gasteiger partial charge in [-0.2, -0.15) is 4.98 Å². The largest absolute Gasteiger partial charge is 0.383 e. The highest BCUT2D eigenvalue weighted by Crippen LogP contribution is 2.24. The van der Waals surface area contributed by atoms with Crippen LogP contribution in [-0.2, 0) is 16.0 Å². The van der Waals surface area contributed by atoms with E-state index >= 15 is 0 Å². The predicted octanol–water partition coefficient (Wildman–Crippen LogP) is 2.47. The zero-order valence-electron chi connectivity index (χ0n) is 12.5. The summed E-state index contributed by atoms with van der Waals surface area (Å²) in [5, 5.41) is 7.27. The molecule has 0 aliphatic rings. The summed E-state index contributed by atoms with van der Waals surface area (Å²) in [6, 6.07) is 7.23. The molecule has 118 valence electrons. The molecule has 0 aliphatic heterocycles. The topological polar surface area (TPSA) is 77.2 Å². The van der Waals surface area contributed by atoms with Crippen LogP contribution in [0.15, 0.2) is 28.8 Å². The first kappa shape index (κ1) is 16.5. The maximum Gasteiger partial charge on any atom is 0.227 e. The molecule has 0 bridgehead atoms. The summed E-state index contributed by atoms with van der Waals surface area (Å²) < 4.78 is 10.1. The van der Waals surface area contributed by atoms with Gasteiger partial charge in [-0.25, -0.2) is 0 Å². The number of rotatable bonds is 7. The summed E-state index contributed by atoms with van der Waals surface area (Å²) in [7, 11) is 1.59. The molecule has 0 saturated heterocycles. The lowest BCUT2D eigenvalue weighted by molar-refractivity contribution is -0.122. The summed E-state index contributed by atoms with van der Waals surface area (Å²) >= 11 is 6.08. The van der Waals surface area contributed by atoms with Gasteiger partial charge in [0.25, 0.3) is 0 Å². The van der Waals surface area contributed by atoms with Crippen molar-refractivity contribution < 1.29 is 14.1 Å². The molecule has 7 heteroatoms. The SMILES string of the molecule is COC[C@H](C)NC(=O)CCc1nc(-c2ccccc2Cl)no1. The fourth-order valence-corrected chi connectivity index (χ4v) is 2.19. The molecule has 1 heterocycles. The lowest BCUT2D eigenvalue weighted by Crippen LogP contribution is -2.35. The van der Waals surface area contributed by atoms with E-state index < -0.39 is 0 Å². The minimum absolute atomic E-state index is 0.0288. The summed E-state index contributed by atoms with van der Waals surface area (Å²) in [6.07, 6.45) is 0.654. The van der Waals surface area contributed by atoms with Crippen LogP contribution in [-0.4, -0.2) is 35.8 Å². The standard InChI is InChI=1S/C15H18ClN3O3/c1-10(9-21-2)17-13(20)7-8-14-18-15(19-22-14)11-5-3-4-6-12(11)16/h3-6,10H,7-9H2,1-2H3,(H,17,20)/t10-/m0/s1. The third-order valence-corrected chi connectivity index (χ3v) is 3.30. The van der Waals surface area contributed by atoms with Gasteiger partial charge in [0.05, 0.1) is 11.6 Å². The zero-order chi connectivity index (χ0) is 15.9. The number of hydrogen-bond donors (Lipinski definition) is 1. The van der Waals surface area contributed by atoms with Gasteiger partial charge in [0.15, 0.2) is 0 Å². The minimum Gasteiger partial charge on any atom is -0.383 e. The number of ether oxygens (including phenoxy) is 1. The first-order valence-corrected chi connectivity index (χ1v) is 7.33. The molecule has 22 heavy (non-hydrogen) atoms. The number of aryl methyl sites for hydroxylation is 1. The maximum absolute atomic E-state index is 11.8. The van der Waals surface area contributed by atoms with Gasteiger partial charge in [-0.15, -0.1) is 0 Å². The number of methoxy groups -OCH3 is 1. The summed E-state index contributed by atoms with van der Waals surface area (Å²) in [4.78, 5) is 16.0. The van der Waals surface area contributed by atoms with Gasteiger partial charge >= 0.3 is 0 Å². The Morgan fingerprint density at radius 1 is 1.45 bits per heavy atom. The molecule has 0 radical (unpaired) electrons. The van der Waals surface area contributed by atoms with Crippen molar-refractivity contribution in [3.8, 4) is 11.4 Å². The van der Waals surface area contributed by atoms with Gasteiger partial charge < -0.3 is 14.6 Å². The molecule has 1 amide bonds. The molecule has 6 nitrogen and oxygen atoms in total. The van der Waals surface area contributed by atoms with E-state index in [9.17, 15) is 4.79 Å². The smallest absolute Gasteiger partial charge is 0.227 e. The van der Waals surface area contributed by atoms with Crippen molar-refractivity contribution in [1.82, 2.24) is 15.5 Å². The van der Waals surface area contributed by atoms with E-state index in [2.05, 4.69) is 15.5 Å². The van der Waals surface area contributed by atoms with E-state index in [1.807, 2.05) is 25.1 Å². The van der Waals surface area contributed by atoms with Crippen molar-refractivity contribution in [2.24, 2.45) is 0 Å². The van der Waals surface area contributed by atoms with Gasteiger partial charge in [0, 0.05) is 31.6 Å². The highest BCUT2D eigenvalue weighted by atomic mass is 35.5. The number of nitrogens with one attached hydrogen (secondary N) is 1. The molecule has 0 fully saturated rings. The van der Waals surface area contributed by atoms with E-state index in [0.29, 0.717) is 35.3 Å². The number of nitrogens with zero attached hydrogens (tertiary/aromatic N) is 2. The first-order valence-electron chi connectivity index (χ1n) is 6.96. The Kier molecular flexibility index (Phi) is 5.91. The molecule has 0 unspecified atom stereocenters. The van der Waals surface area contributed by atoms with Crippen LogP contribution in [0.25, 0.3) is 11.4 Å². The molecule has 2 rings (SSSR count). The van der Waals surface area contributed by atoms with Crippen molar-refractivity contribution in [3.63, 3.8) is 0 Å². The minimum atomic E-state index is -0.0814. The van der Waals surface area contributed by atoms with Crippen molar-refractivity contribution in [2.45, 2.75) is 25.8 Å². The predicted molar refractivity (Wildman–Crippen MR) is 82.5 cm³/mol. The van der Waals surface area contributed by atoms with Crippen LogP contribution in [0.3, 0.4) is 0 Å². The molecule has 1 aromatic heterocycles.